The summed E-state index contributed by atoms with van der Waals surface area (Å²) in [7, 11) is 1.60. The van der Waals surface area contributed by atoms with Crippen LogP contribution in [0.4, 0.5) is 10.1 Å². The molecule has 140 valence electrons. The van der Waals surface area contributed by atoms with Gasteiger partial charge in [0.2, 0.25) is 0 Å². The van der Waals surface area contributed by atoms with Gasteiger partial charge in [0.1, 0.15) is 16.4 Å². The molecular weight excluding hydrogens is 377 g/mol. The van der Waals surface area contributed by atoms with E-state index in [0.717, 1.165) is 20.8 Å². The van der Waals surface area contributed by atoms with Crippen molar-refractivity contribution in [3.05, 3.63) is 82.0 Å². The number of hydrogen-bond donors (Lipinski definition) is 1. The van der Waals surface area contributed by atoms with Gasteiger partial charge in [-0.05, 0) is 55.0 Å². The fourth-order valence-corrected chi connectivity index (χ4v) is 3.86. The van der Waals surface area contributed by atoms with Gasteiger partial charge in [-0.25, -0.2) is 9.37 Å². The number of aryl methyl sites for hydroxylation is 2. The number of carbonyl (C=O) groups excluding carboxylic acids is 1. The van der Waals surface area contributed by atoms with Crippen LogP contribution in [0.25, 0.3) is 20.8 Å². The fraction of sp³-hybridized carbons (Fsp3) is 0.0952. The smallest absolute Gasteiger partial charge is 0.263 e. The monoisotopic (exact) mass is 393 g/mol. The van der Waals surface area contributed by atoms with E-state index in [-0.39, 0.29) is 16.9 Å². The summed E-state index contributed by atoms with van der Waals surface area (Å²) in [6.45, 7) is 1.87. The first kappa shape index (κ1) is 18.1. The first-order chi connectivity index (χ1) is 13.4. The Bertz CT molecular complexity index is 1280. The van der Waals surface area contributed by atoms with Crippen LogP contribution in [0.15, 0.2) is 59.5 Å². The fourth-order valence-electron chi connectivity index (χ4n) is 2.92. The maximum Gasteiger partial charge on any atom is 0.263 e. The molecule has 0 spiro atoms. The van der Waals surface area contributed by atoms with Crippen molar-refractivity contribution in [3.63, 3.8) is 0 Å². The van der Waals surface area contributed by atoms with E-state index in [9.17, 15) is 14.0 Å². The molecule has 0 unspecified atom stereocenters. The van der Waals surface area contributed by atoms with E-state index in [2.05, 4.69) is 10.3 Å². The van der Waals surface area contributed by atoms with Crippen molar-refractivity contribution in [1.29, 1.82) is 0 Å². The minimum atomic E-state index is -0.451. The lowest BCUT2D eigenvalue weighted by atomic mass is 10.1. The van der Waals surface area contributed by atoms with E-state index >= 15 is 0 Å². The molecule has 5 nitrogen and oxygen atoms in total. The van der Waals surface area contributed by atoms with Crippen LogP contribution >= 0.6 is 11.3 Å². The number of rotatable bonds is 3. The lowest BCUT2D eigenvalue weighted by molar-refractivity contribution is 0.102. The molecule has 0 radical (unpaired) electrons. The van der Waals surface area contributed by atoms with Crippen LogP contribution in [0.1, 0.15) is 15.9 Å². The molecule has 0 bridgehead atoms. The van der Waals surface area contributed by atoms with Crippen molar-refractivity contribution in [1.82, 2.24) is 9.55 Å². The van der Waals surface area contributed by atoms with E-state index in [1.54, 1.807) is 31.4 Å². The molecule has 1 amide bonds. The molecule has 2 heterocycles. The maximum atomic E-state index is 13.4. The van der Waals surface area contributed by atoms with E-state index in [1.807, 2.05) is 19.1 Å². The molecule has 0 saturated carbocycles. The molecular formula is C21H16FN3O2S. The normalized spacial score (nSPS) is 11.0. The second-order valence-corrected chi connectivity index (χ2v) is 7.48. The first-order valence-corrected chi connectivity index (χ1v) is 9.38. The van der Waals surface area contributed by atoms with Gasteiger partial charge in [-0.1, -0.05) is 0 Å². The van der Waals surface area contributed by atoms with Crippen molar-refractivity contribution in [2.75, 3.05) is 5.32 Å². The Balaban J connectivity index is 1.63. The number of aromatic nitrogens is 2. The highest BCUT2D eigenvalue weighted by molar-refractivity contribution is 7.21. The Morgan fingerprint density at radius 3 is 2.79 bits per heavy atom. The summed E-state index contributed by atoms with van der Waals surface area (Å²) in [6, 6.07) is 13.2. The van der Waals surface area contributed by atoms with E-state index in [0.29, 0.717) is 11.2 Å². The second kappa shape index (κ2) is 7.01. The summed E-state index contributed by atoms with van der Waals surface area (Å²) in [5.74, 6) is -0.766. The highest BCUT2D eigenvalue weighted by Gasteiger charge is 2.14. The Morgan fingerprint density at radius 2 is 2.00 bits per heavy atom. The molecule has 0 saturated heterocycles. The summed E-state index contributed by atoms with van der Waals surface area (Å²) < 4.78 is 15.7. The van der Waals surface area contributed by atoms with E-state index in [1.165, 1.54) is 34.1 Å². The minimum absolute atomic E-state index is 0.0849. The molecule has 28 heavy (non-hydrogen) atoms. The molecule has 0 aliphatic carbocycles. The number of halogens is 1. The van der Waals surface area contributed by atoms with Crippen LogP contribution in [0, 0.1) is 12.7 Å². The zero-order chi connectivity index (χ0) is 19.8. The zero-order valence-electron chi connectivity index (χ0n) is 15.2. The van der Waals surface area contributed by atoms with Gasteiger partial charge in [-0.15, -0.1) is 11.3 Å². The topological polar surface area (TPSA) is 64.0 Å². The predicted octanol–water partition coefficient (Wildman–Crippen LogP) is 4.36. The maximum absolute atomic E-state index is 13.4. The standard InChI is InChI=1S/C21H16FN3O2S/c1-12-10-13(20-24-17-11-14(22)6-8-18(17)28-20)5-7-16(12)23-19(26)15-4-3-9-25(2)21(15)27/h3-11H,1-2H3,(H,23,26). The third kappa shape index (κ3) is 3.32. The minimum Gasteiger partial charge on any atom is -0.322 e. The van der Waals surface area contributed by atoms with Crippen LogP contribution in [0.3, 0.4) is 0 Å². The van der Waals surface area contributed by atoms with Crippen molar-refractivity contribution in [3.8, 4) is 10.6 Å². The van der Waals surface area contributed by atoms with Crippen LogP contribution in [-0.2, 0) is 7.05 Å². The van der Waals surface area contributed by atoms with Gasteiger partial charge in [-0.2, -0.15) is 0 Å². The van der Waals surface area contributed by atoms with Gasteiger partial charge in [0.25, 0.3) is 11.5 Å². The Hall–Kier alpha value is -3.32. The molecule has 1 N–H and O–H groups in total. The molecule has 0 aliphatic heterocycles. The van der Waals surface area contributed by atoms with Crippen LogP contribution in [-0.4, -0.2) is 15.5 Å². The summed E-state index contributed by atoms with van der Waals surface area (Å²) in [4.78, 5) is 29.1. The number of pyridine rings is 1. The van der Waals surface area contributed by atoms with Gasteiger partial charge in [0, 0.05) is 30.6 Å². The number of benzene rings is 2. The number of thiazole rings is 1. The van der Waals surface area contributed by atoms with E-state index < -0.39 is 5.91 Å². The quantitative estimate of drug-likeness (QED) is 0.562. The average Bonchev–Trinajstić information content (AvgIpc) is 3.08. The molecule has 4 rings (SSSR count). The SMILES string of the molecule is Cc1cc(-c2nc3cc(F)ccc3s2)ccc1NC(=O)c1cccn(C)c1=O. The number of amides is 1. The lowest BCUT2D eigenvalue weighted by Crippen LogP contribution is -2.27. The van der Waals surface area contributed by atoms with Gasteiger partial charge in [0.05, 0.1) is 10.2 Å². The molecule has 0 atom stereocenters. The van der Waals surface area contributed by atoms with Crippen LogP contribution in [0.2, 0.25) is 0 Å². The van der Waals surface area contributed by atoms with Crippen molar-refractivity contribution < 1.29 is 9.18 Å². The average molecular weight is 393 g/mol. The predicted molar refractivity (Wildman–Crippen MR) is 109 cm³/mol. The summed E-state index contributed by atoms with van der Waals surface area (Å²) in [6.07, 6.45) is 1.60. The highest BCUT2D eigenvalue weighted by Crippen LogP contribution is 2.32. The molecule has 0 aliphatic rings. The molecule has 2 aromatic heterocycles. The van der Waals surface area contributed by atoms with Gasteiger partial charge >= 0.3 is 0 Å². The largest absolute Gasteiger partial charge is 0.322 e. The van der Waals surface area contributed by atoms with Crippen molar-refractivity contribution >= 4 is 33.1 Å². The number of anilines is 1. The van der Waals surface area contributed by atoms with Crippen molar-refractivity contribution in [2.24, 2.45) is 7.05 Å². The Morgan fingerprint density at radius 1 is 1.18 bits per heavy atom. The molecule has 0 fully saturated rings. The van der Waals surface area contributed by atoms with Gasteiger partial charge in [-0.3, -0.25) is 9.59 Å². The third-order valence-corrected chi connectivity index (χ3v) is 5.52. The summed E-state index contributed by atoms with van der Waals surface area (Å²) in [5.41, 5.74) is 2.69. The van der Waals surface area contributed by atoms with E-state index in [4.69, 9.17) is 0 Å². The lowest BCUT2D eigenvalue weighted by Gasteiger charge is -2.10. The summed E-state index contributed by atoms with van der Waals surface area (Å²) in [5, 5.41) is 3.56. The molecule has 4 aromatic rings. The van der Waals surface area contributed by atoms with Crippen LogP contribution < -0.4 is 10.9 Å². The Labute approximate surface area is 164 Å². The number of fused-ring (bicyclic) bond motifs is 1. The highest BCUT2D eigenvalue weighted by atomic mass is 32.1. The number of hydrogen-bond acceptors (Lipinski definition) is 4. The third-order valence-electron chi connectivity index (χ3n) is 4.44. The first-order valence-electron chi connectivity index (χ1n) is 8.56. The second-order valence-electron chi connectivity index (χ2n) is 6.45. The van der Waals surface area contributed by atoms with Gasteiger partial charge < -0.3 is 9.88 Å². The number of nitrogens with one attached hydrogen (secondary N) is 1. The van der Waals surface area contributed by atoms with Crippen LogP contribution in [0.5, 0.6) is 0 Å². The molecule has 2 aromatic carbocycles. The zero-order valence-corrected chi connectivity index (χ0v) is 16.0. The van der Waals surface area contributed by atoms with Gasteiger partial charge in [0.15, 0.2) is 0 Å². The summed E-state index contributed by atoms with van der Waals surface area (Å²) >= 11 is 1.48. The molecule has 7 heteroatoms. The van der Waals surface area contributed by atoms with Crippen molar-refractivity contribution in [2.45, 2.75) is 6.92 Å². The number of nitrogens with zero attached hydrogens (tertiary/aromatic N) is 2. The Kier molecular flexibility index (Phi) is 4.52. The number of carbonyl (C=O) groups is 1.